The summed E-state index contributed by atoms with van der Waals surface area (Å²) in [5.74, 6) is -1.72. The molecule has 0 amide bonds. The number of benzene rings is 4. The maximum absolute atomic E-state index is 12.6. The minimum atomic E-state index is -0.508. The molecule has 0 unspecified atom stereocenters. The number of hydrogen-bond donors (Lipinski definition) is 2. The van der Waals surface area contributed by atoms with Crippen LogP contribution in [0.2, 0.25) is 0 Å². The minimum Gasteiger partial charge on any atom is -0.461 e. The number of carbonyl (C=O) groups is 4. The summed E-state index contributed by atoms with van der Waals surface area (Å²) in [5, 5.41) is 6.43. The summed E-state index contributed by atoms with van der Waals surface area (Å²) >= 11 is 0. The second kappa shape index (κ2) is 26.4. The van der Waals surface area contributed by atoms with Crippen LogP contribution in [0.3, 0.4) is 0 Å². The fourth-order valence-corrected chi connectivity index (χ4v) is 5.42. The molecular weight excluding hydrogens is 716 g/mol. The molecule has 4 aromatic rings. The number of nitrogens with one attached hydrogen (secondary N) is 2. The molecule has 0 aliphatic rings. The summed E-state index contributed by atoms with van der Waals surface area (Å²) in [4.78, 5) is 50.6. The molecule has 0 fully saturated rings. The average molecular weight is 769 g/mol. The molecule has 4 rings (SSSR count). The van der Waals surface area contributed by atoms with Gasteiger partial charge in [0, 0.05) is 25.2 Å². The van der Waals surface area contributed by atoms with E-state index in [-0.39, 0.29) is 52.1 Å². The maximum Gasteiger partial charge on any atom is 0.307 e. The molecule has 0 atom stereocenters. The van der Waals surface area contributed by atoms with Gasteiger partial charge in [0.15, 0.2) is 0 Å². The standard InChI is InChI=1S/C44H52N2O10/c47-41(53-31-35-13-5-1-6-14-35)27-39(28-42(48)54-32-36-15-7-2-8-16-36)45-21-23-51-25-26-52-24-22-46-40(29-43(49)55-33-37-17-9-3-10-18-37)30-44(50)56-34-38-19-11-4-12-20-38/h1-20,39-40,45-46H,21-34H2. The molecule has 0 aliphatic heterocycles. The Kier molecular flexibility index (Phi) is 20.4. The van der Waals surface area contributed by atoms with E-state index in [2.05, 4.69) is 10.6 Å². The molecular formula is C44H52N2O10. The number of carbonyl (C=O) groups excluding carboxylic acids is 4. The van der Waals surface area contributed by atoms with Crippen LogP contribution in [0.1, 0.15) is 47.9 Å². The van der Waals surface area contributed by atoms with Crippen LogP contribution in [-0.4, -0.2) is 75.5 Å². The normalized spacial score (nSPS) is 11.0. The van der Waals surface area contributed by atoms with Crippen molar-refractivity contribution in [1.82, 2.24) is 10.6 Å². The number of esters is 4. The van der Waals surface area contributed by atoms with Crippen molar-refractivity contribution in [2.75, 3.05) is 39.5 Å². The Balaban J connectivity index is 1.13. The van der Waals surface area contributed by atoms with Gasteiger partial charge in [0.2, 0.25) is 0 Å². The van der Waals surface area contributed by atoms with Gasteiger partial charge in [-0.15, -0.1) is 0 Å². The van der Waals surface area contributed by atoms with Crippen LogP contribution in [0.5, 0.6) is 0 Å². The highest BCUT2D eigenvalue weighted by Gasteiger charge is 2.21. The van der Waals surface area contributed by atoms with E-state index in [4.69, 9.17) is 28.4 Å². The SMILES string of the molecule is O=C(CC(CC(=O)OCc1ccccc1)NCCOCCOCCNC(CC(=O)OCc1ccccc1)CC(=O)OCc1ccccc1)OCc1ccccc1. The molecule has 56 heavy (non-hydrogen) atoms. The lowest BCUT2D eigenvalue weighted by molar-refractivity contribution is -0.149. The monoisotopic (exact) mass is 768 g/mol. The Morgan fingerprint density at radius 2 is 0.625 bits per heavy atom. The summed E-state index contributed by atoms with van der Waals surface area (Å²) in [7, 11) is 0. The third-order valence-corrected chi connectivity index (χ3v) is 8.35. The predicted molar refractivity (Wildman–Crippen MR) is 209 cm³/mol. The topological polar surface area (TPSA) is 148 Å². The first-order valence-electron chi connectivity index (χ1n) is 18.8. The molecule has 0 spiro atoms. The Bertz CT molecular complexity index is 1450. The number of ether oxygens (including phenoxy) is 6. The zero-order chi connectivity index (χ0) is 39.5. The quantitative estimate of drug-likeness (QED) is 0.0451. The van der Waals surface area contributed by atoms with E-state index in [1.54, 1.807) is 0 Å². The molecule has 0 heterocycles. The van der Waals surface area contributed by atoms with Crippen LogP contribution < -0.4 is 10.6 Å². The summed E-state index contributed by atoms with van der Waals surface area (Å²) in [6, 6.07) is 36.5. The van der Waals surface area contributed by atoms with Crippen molar-refractivity contribution in [1.29, 1.82) is 0 Å². The van der Waals surface area contributed by atoms with Crippen molar-refractivity contribution in [3.8, 4) is 0 Å². The zero-order valence-electron chi connectivity index (χ0n) is 31.7. The average Bonchev–Trinajstić information content (AvgIpc) is 3.22. The van der Waals surface area contributed by atoms with E-state index in [9.17, 15) is 19.2 Å². The lowest BCUT2D eigenvalue weighted by atomic mass is 10.1. The summed E-state index contributed by atoms with van der Waals surface area (Å²) in [5.41, 5.74) is 3.49. The molecule has 0 aromatic heterocycles. The van der Waals surface area contributed by atoms with Gasteiger partial charge in [-0.05, 0) is 22.3 Å². The van der Waals surface area contributed by atoms with Gasteiger partial charge >= 0.3 is 23.9 Å². The van der Waals surface area contributed by atoms with Crippen molar-refractivity contribution in [3.05, 3.63) is 144 Å². The lowest BCUT2D eigenvalue weighted by Gasteiger charge is -2.18. The van der Waals surface area contributed by atoms with Gasteiger partial charge in [-0.1, -0.05) is 121 Å². The van der Waals surface area contributed by atoms with E-state index in [0.29, 0.717) is 39.5 Å². The Morgan fingerprint density at radius 1 is 0.375 bits per heavy atom. The van der Waals surface area contributed by atoms with Gasteiger partial charge < -0.3 is 39.1 Å². The second-order valence-electron chi connectivity index (χ2n) is 12.9. The van der Waals surface area contributed by atoms with Gasteiger partial charge in [-0.2, -0.15) is 0 Å². The van der Waals surface area contributed by atoms with E-state index < -0.39 is 36.0 Å². The summed E-state index contributed by atoms with van der Waals surface area (Å²) < 4.78 is 33.2. The molecule has 4 aromatic carbocycles. The van der Waals surface area contributed by atoms with Gasteiger partial charge in [-0.25, -0.2) is 0 Å². The highest BCUT2D eigenvalue weighted by atomic mass is 16.5. The smallest absolute Gasteiger partial charge is 0.307 e. The first-order valence-corrected chi connectivity index (χ1v) is 18.8. The Hall–Kier alpha value is -5.40. The fraction of sp³-hybridized carbons (Fsp3) is 0.364. The first kappa shape index (κ1) is 43.3. The first-order chi connectivity index (χ1) is 27.4. The molecule has 0 radical (unpaired) electrons. The minimum absolute atomic E-state index is 0.0140. The third-order valence-electron chi connectivity index (χ3n) is 8.35. The zero-order valence-corrected chi connectivity index (χ0v) is 31.7. The van der Waals surface area contributed by atoms with Gasteiger partial charge in [-0.3, -0.25) is 19.2 Å². The van der Waals surface area contributed by atoms with E-state index >= 15 is 0 Å². The van der Waals surface area contributed by atoms with Crippen molar-refractivity contribution in [2.45, 2.75) is 64.2 Å². The molecule has 2 N–H and O–H groups in total. The maximum atomic E-state index is 12.6. The van der Waals surface area contributed by atoms with Crippen LogP contribution in [-0.2, 0) is 74.0 Å². The van der Waals surface area contributed by atoms with Crippen molar-refractivity contribution in [3.63, 3.8) is 0 Å². The van der Waals surface area contributed by atoms with Crippen molar-refractivity contribution >= 4 is 23.9 Å². The number of hydrogen-bond acceptors (Lipinski definition) is 12. The van der Waals surface area contributed by atoms with Crippen LogP contribution in [0, 0.1) is 0 Å². The highest BCUT2D eigenvalue weighted by molar-refractivity contribution is 5.74. The Labute approximate surface area is 328 Å². The molecule has 0 bridgehead atoms. The largest absolute Gasteiger partial charge is 0.461 e. The Morgan fingerprint density at radius 3 is 0.875 bits per heavy atom. The van der Waals surface area contributed by atoms with E-state index in [1.807, 2.05) is 121 Å². The van der Waals surface area contributed by atoms with Crippen LogP contribution >= 0.6 is 0 Å². The third kappa shape index (κ3) is 19.3. The molecule has 0 saturated carbocycles. The highest BCUT2D eigenvalue weighted by Crippen LogP contribution is 2.10. The summed E-state index contributed by atoms with van der Waals surface area (Å²) in [6.07, 6.45) is -0.0561. The summed E-state index contributed by atoms with van der Waals surface area (Å²) in [6.45, 7) is 2.60. The fourth-order valence-electron chi connectivity index (χ4n) is 5.42. The van der Waals surface area contributed by atoms with Crippen LogP contribution in [0.25, 0.3) is 0 Å². The van der Waals surface area contributed by atoms with Crippen LogP contribution in [0.4, 0.5) is 0 Å². The molecule has 0 saturated heterocycles. The second-order valence-corrected chi connectivity index (χ2v) is 12.9. The van der Waals surface area contributed by atoms with Crippen LogP contribution in [0.15, 0.2) is 121 Å². The lowest BCUT2D eigenvalue weighted by Crippen LogP contribution is -2.37. The predicted octanol–water partition coefficient (Wildman–Crippen LogP) is 5.47. The number of rotatable bonds is 27. The van der Waals surface area contributed by atoms with E-state index in [0.717, 1.165) is 22.3 Å². The molecule has 298 valence electrons. The van der Waals surface area contributed by atoms with Gasteiger partial charge in [0.25, 0.3) is 0 Å². The molecule has 12 heteroatoms. The van der Waals surface area contributed by atoms with Gasteiger partial charge in [0.1, 0.15) is 26.4 Å². The molecule has 0 aliphatic carbocycles. The van der Waals surface area contributed by atoms with Crippen molar-refractivity contribution in [2.24, 2.45) is 0 Å². The van der Waals surface area contributed by atoms with Crippen molar-refractivity contribution < 1.29 is 47.6 Å². The molecule has 12 nitrogen and oxygen atoms in total. The van der Waals surface area contributed by atoms with E-state index in [1.165, 1.54) is 0 Å². The van der Waals surface area contributed by atoms with Gasteiger partial charge in [0.05, 0.1) is 52.1 Å².